The highest BCUT2D eigenvalue weighted by Gasteiger charge is 2.34. The summed E-state index contributed by atoms with van der Waals surface area (Å²) >= 11 is 0. The molecule has 2 aromatic rings. The molecule has 1 heterocycles. The van der Waals surface area contributed by atoms with Gasteiger partial charge in [0, 0.05) is 19.2 Å². The topological polar surface area (TPSA) is 58.6 Å². The van der Waals surface area contributed by atoms with Gasteiger partial charge in [-0.3, -0.25) is 9.59 Å². The Morgan fingerprint density at radius 1 is 1.16 bits per heavy atom. The fourth-order valence-electron chi connectivity index (χ4n) is 2.70. The zero-order chi connectivity index (χ0) is 17.8. The number of carbonyl (C=O) groups is 2. The van der Waals surface area contributed by atoms with Crippen LogP contribution in [-0.4, -0.2) is 36.4 Å². The average Bonchev–Trinajstić information content (AvgIpc) is 2.60. The highest BCUT2D eigenvalue weighted by atomic mass is 19.1. The minimum absolute atomic E-state index is 0.230. The van der Waals surface area contributed by atoms with Gasteiger partial charge in [-0.15, -0.1) is 0 Å². The summed E-state index contributed by atoms with van der Waals surface area (Å²) in [4.78, 5) is 26.1. The van der Waals surface area contributed by atoms with E-state index in [1.807, 2.05) is 0 Å². The highest BCUT2D eigenvalue weighted by molar-refractivity contribution is 5.90. The molecular weight excluding hydrogens is 330 g/mol. The van der Waals surface area contributed by atoms with E-state index in [2.05, 4.69) is 5.32 Å². The van der Waals surface area contributed by atoms with Crippen LogP contribution in [0.4, 0.5) is 8.78 Å². The molecule has 2 amide bonds. The second kappa shape index (κ2) is 7.29. The van der Waals surface area contributed by atoms with Crippen molar-refractivity contribution in [2.24, 2.45) is 0 Å². The first-order chi connectivity index (χ1) is 12.0. The smallest absolute Gasteiger partial charge is 0.261 e. The van der Waals surface area contributed by atoms with Gasteiger partial charge in [-0.05, 0) is 29.8 Å². The Morgan fingerprint density at radius 3 is 2.64 bits per heavy atom. The molecule has 1 atom stereocenters. The van der Waals surface area contributed by atoms with Crippen molar-refractivity contribution >= 4 is 11.8 Å². The zero-order valence-electron chi connectivity index (χ0n) is 13.2. The molecule has 25 heavy (non-hydrogen) atoms. The Hall–Kier alpha value is -2.96. The van der Waals surface area contributed by atoms with Gasteiger partial charge in [-0.25, -0.2) is 8.78 Å². The quantitative estimate of drug-likeness (QED) is 0.922. The number of ether oxygens (including phenoxy) is 1. The third kappa shape index (κ3) is 3.93. The molecule has 0 bridgehead atoms. The molecule has 7 heteroatoms. The monoisotopic (exact) mass is 346 g/mol. The van der Waals surface area contributed by atoms with Gasteiger partial charge < -0.3 is 15.0 Å². The van der Waals surface area contributed by atoms with E-state index in [1.165, 1.54) is 53.4 Å². The van der Waals surface area contributed by atoms with E-state index in [9.17, 15) is 18.4 Å². The van der Waals surface area contributed by atoms with E-state index in [0.717, 1.165) is 0 Å². The van der Waals surface area contributed by atoms with Gasteiger partial charge >= 0.3 is 0 Å². The third-order valence-electron chi connectivity index (χ3n) is 3.88. The lowest BCUT2D eigenvalue weighted by atomic mass is 10.0. The number of hydrogen-bond donors (Lipinski definition) is 1. The van der Waals surface area contributed by atoms with Crippen molar-refractivity contribution in [3.8, 4) is 5.75 Å². The highest BCUT2D eigenvalue weighted by Crippen LogP contribution is 2.24. The molecule has 3 rings (SSSR count). The molecule has 1 N–H and O–H groups in total. The molecule has 1 fully saturated rings. The minimum atomic E-state index is -0.849. The number of rotatable bonds is 4. The first kappa shape index (κ1) is 16.9. The normalized spacial score (nSPS) is 17.1. The Labute approximate surface area is 143 Å². The van der Waals surface area contributed by atoms with Gasteiger partial charge in [0.25, 0.3) is 5.91 Å². The summed E-state index contributed by atoms with van der Waals surface area (Å²) in [5.41, 5.74) is 0.512. The minimum Gasteiger partial charge on any atom is -0.484 e. The van der Waals surface area contributed by atoms with Crippen molar-refractivity contribution < 1.29 is 23.1 Å². The Bertz CT molecular complexity index is 780. The SMILES string of the molecule is O=C1NCCN(C(=O)COc2cccc(F)c2)C1c1ccc(F)cc1. The van der Waals surface area contributed by atoms with E-state index in [1.54, 1.807) is 0 Å². The number of benzene rings is 2. The summed E-state index contributed by atoms with van der Waals surface area (Å²) < 4.78 is 31.6. The van der Waals surface area contributed by atoms with Crippen molar-refractivity contribution in [1.82, 2.24) is 10.2 Å². The van der Waals surface area contributed by atoms with Crippen LogP contribution in [0, 0.1) is 11.6 Å². The first-order valence-corrected chi connectivity index (χ1v) is 7.75. The van der Waals surface area contributed by atoms with Crippen LogP contribution < -0.4 is 10.1 Å². The zero-order valence-corrected chi connectivity index (χ0v) is 13.2. The molecule has 2 aromatic carbocycles. The molecule has 1 aliphatic heterocycles. The van der Waals surface area contributed by atoms with Crippen LogP contribution in [0.25, 0.3) is 0 Å². The molecule has 0 saturated carbocycles. The molecule has 0 aliphatic carbocycles. The van der Waals surface area contributed by atoms with Crippen LogP contribution in [-0.2, 0) is 9.59 Å². The van der Waals surface area contributed by atoms with Crippen LogP contribution in [0.1, 0.15) is 11.6 Å². The van der Waals surface area contributed by atoms with Gasteiger partial charge in [0.2, 0.25) is 5.91 Å². The second-order valence-electron chi connectivity index (χ2n) is 5.58. The lowest BCUT2D eigenvalue weighted by Crippen LogP contribution is -2.53. The van der Waals surface area contributed by atoms with Crippen molar-refractivity contribution in [1.29, 1.82) is 0 Å². The summed E-state index contributed by atoms with van der Waals surface area (Å²) in [7, 11) is 0. The predicted molar refractivity (Wildman–Crippen MR) is 85.8 cm³/mol. The number of nitrogens with zero attached hydrogens (tertiary/aromatic N) is 1. The maximum absolute atomic E-state index is 13.2. The van der Waals surface area contributed by atoms with E-state index >= 15 is 0 Å². The molecule has 130 valence electrons. The van der Waals surface area contributed by atoms with E-state index in [4.69, 9.17) is 4.74 Å². The Balaban J connectivity index is 1.74. The largest absolute Gasteiger partial charge is 0.484 e. The molecule has 1 aliphatic rings. The molecular formula is C18H16F2N2O3. The summed E-state index contributed by atoms with van der Waals surface area (Å²) in [5, 5.41) is 2.69. The number of piperazine rings is 1. The molecule has 5 nitrogen and oxygen atoms in total. The standard InChI is InChI=1S/C18H16F2N2O3/c19-13-6-4-12(5-7-13)17-18(24)21-8-9-22(17)16(23)11-25-15-3-1-2-14(20)10-15/h1-7,10,17H,8-9,11H2,(H,21,24). The van der Waals surface area contributed by atoms with Gasteiger partial charge in [-0.1, -0.05) is 18.2 Å². The lowest BCUT2D eigenvalue weighted by Gasteiger charge is -2.35. The summed E-state index contributed by atoms with van der Waals surface area (Å²) in [6.07, 6.45) is 0. The van der Waals surface area contributed by atoms with Crippen molar-refractivity contribution in [3.63, 3.8) is 0 Å². The van der Waals surface area contributed by atoms with Gasteiger partial charge in [-0.2, -0.15) is 0 Å². The fraction of sp³-hybridized carbons (Fsp3) is 0.222. The number of halogens is 2. The van der Waals surface area contributed by atoms with Crippen LogP contribution in [0.5, 0.6) is 5.75 Å². The van der Waals surface area contributed by atoms with Gasteiger partial charge in [0.1, 0.15) is 23.4 Å². The molecule has 0 radical (unpaired) electrons. The third-order valence-corrected chi connectivity index (χ3v) is 3.88. The van der Waals surface area contributed by atoms with Crippen molar-refractivity contribution in [3.05, 3.63) is 65.7 Å². The van der Waals surface area contributed by atoms with Crippen LogP contribution >= 0.6 is 0 Å². The summed E-state index contributed by atoms with van der Waals surface area (Å²) in [6, 6.07) is 10.0. The van der Waals surface area contributed by atoms with Crippen molar-refractivity contribution in [2.45, 2.75) is 6.04 Å². The summed E-state index contributed by atoms with van der Waals surface area (Å²) in [5.74, 6) is -1.41. The molecule has 1 unspecified atom stereocenters. The van der Waals surface area contributed by atoms with Crippen molar-refractivity contribution in [2.75, 3.05) is 19.7 Å². The average molecular weight is 346 g/mol. The Kier molecular flexibility index (Phi) is 4.92. The fourth-order valence-corrected chi connectivity index (χ4v) is 2.70. The predicted octanol–water partition coefficient (Wildman–Crippen LogP) is 2.04. The maximum atomic E-state index is 13.2. The van der Waals surface area contributed by atoms with Crippen LogP contribution in [0.2, 0.25) is 0 Å². The molecule has 1 saturated heterocycles. The summed E-state index contributed by atoms with van der Waals surface area (Å²) in [6.45, 7) is 0.301. The van der Waals surface area contributed by atoms with E-state index in [-0.39, 0.29) is 18.3 Å². The van der Waals surface area contributed by atoms with Gasteiger partial charge in [0.15, 0.2) is 6.61 Å². The van der Waals surface area contributed by atoms with E-state index in [0.29, 0.717) is 18.7 Å². The number of carbonyl (C=O) groups excluding carboxylic acids is 2. The number of nitrogens with one attached hydrogen (secondary N) is 1. The molecule has 0 aromatic heterocycles. The Morgan fingerprint density at radius 2 is 1.92 bits per heavy atom. The van der Waals surface area contributed by atoms with Gasteiger partial charge in [0.05, 0.1) is 0 Å². The molecule has 0 spiro atoms. The van der Waals surface area contributed by atoms with Crippen LogP contribution in [0.15, 0.2) is 48.5 Å². The second-order valence-corrected chi connectivity index (χ2v) is 5.58. The van der Waals surface area contributed by atoms with Crippen LogP contribution in [0.3, 0.4) is 0 Å². The number of hydrogen-bond acceptors (Lipinski definition) is 3. The lowest BCUT2D eigenvalue weighted by molar-refractivity contribution is -0.145. The van der Waals surface area contributed by atoms with E-state index < -0.39 is 23.6 Å². The maximum Gasteiger partial charge on any atom is 0.261 e. The number of amides is 2. The first-order valence-electron chi connectivity index (χ1n) is 7.75.